The van der Waals surface area contributed by atoms with Gasteiger partial charge < -0.3 is 5.32 Å². The van der Waals surface area contributed by atoms with Crippen LogP contribution in [-0.2, 0) is 11.2 Å². The van der Waals surface area contributed by atoms with Gasteiger partial charge in [-0.2, -0.15) is 5.10 Å². The van der Waals surface area contributed by atoms with E-state index in [0.29, 0.717) is 11.4 Å². The van der Waals surface area contributed by atoms with E-state index in [1.54, 1.807) is 4.68 Å². The Labute approximate surface area is 170 Å². The van der Waals surface area contributed by atoms with Gasteiger partial charge in [0.15, 0.2) is 5.78 Å². The highest BCUT2D eigenvalue weighted by Crippen LogP contribution is 2.38. The first kappa shape index (κ1) is 19.1. The SMILES string of the molecule is CCc1ccc(C(=O)[C@H]2CC(=O)Nc3c2c(C)nn3-c2ccc(C)cc2C)cc1. The summed E-state index contributed by atoms with van der Waals surface area (Å²) < 4.78 is 1.76. The third-order valence-electron chi connectivity index (χ3n) is 5.65. The standard InChI is InChI=1S/C24H25N3O2/c1-5-17-7-9-18(10-8-17)23(29)19-13-21(28)25-24-22(19)16(4)26-27(24)20-11-6-14(2)12-15(20)3/h6-12,19H,5,13H2,1-4H3,(H,25,28)/t19-/m0/s1. The van der Waals surface area contributed by atoms with Crippen molar-refractivity contribution >= 4 is 17.5 Å². The molecule has 2 aromatic carbocycles. The van der Waals surface area contributed by atoms with Gasteiger partial charge in [-0.1, -0.05) is 48.9 Å². The van der Waals surface area contributed by atoms with Crippen molar-refractivity contribution < 1.29 is 9.59 Å². The largest absolute Gasteiger partial charge is 0.310 e. The third kappa shape index (κ3) is 3.37. The normalized spacial score (nSPS) is 15.7. The Hall–Kier alpha value is -3.21. The van der Waals surface area contributed by atoms with Crippen LogP contribution < -0.4 is 5.32 Å². The summed E-state index contributed by atoms with van der Waals surface area (Å²) in [6.45, 7) is 8.05. The topological polar surface area (TPSA) is 64.0 Å². The van der Waals surface area contributed by atoms with Gasteiger partial charge >= 0.3 is 0 Å². The molecule has 0 saturated heterocycles. The molecule has 0 aliphatic carbocycles. The van der Waals surface area contributed by atoms with E-state index >= 15 is 0 Å². The van der Waals surface area contributed by atoms with Crippen LogP contribution in [0.5, 0.6) is 0 Å². The zero-order chi connectivity index (χ0) is 20.7. The van der Waals surface area contributed by atoms with Crippen molar-refractivity contribution in [1.82, 2.24) is 9.78 Å². The first-order valence-corrected chi connectivity index (χ1v) is 9.99. The number of carbonyl (C=O) groups excluding carboxylic acids is 2. The molecule has 0 fully saturated rings. The quantitative estimate of drug-likeness (QED) is 0.662. The number of hydrogen-bond donors (Lipinski definition) is 1. The third-order valence-corrected chi connectivity index (χ3v) is 5.65. The van der Waals surface area contributed by atoms with E-state index in [1.807, 2.05) is 57.2 Å². The van der Waals surface area contributed by atoms with Gasteiger partial charge in [-0.25, -0.2) is 4.68 Å². The second-order valence-electron chi connectivity index (χ2n) is 7.77. The fourth-order valence-electron chi connectivity index (χ4n) is 4.09. The number of hydrogen-bond acceptors (Lipinski definition) is 3. The maximum Gasteiger partial charge on any atom is 0.226 e. The maximum atomic E-state index is 13.3. The number of nitrogens with zero attached hydrogens (tertiary/aromatic N) is 2. The fourth-order valence-corrected chi connectivity index (χ4v) is 4.09. The van der Waals surface area contributed by atoms with Crippen LogP contribution in [0.3, 0.4) is 0 Å². The van der Waals surface area contributed by atoms with Gasteiger partial charge in [0.05, 0.1) is 17.3 Å². The van der Waals surface area contributed by atoms with Gasteiger partial charge in [0.25, 0.3) is 0 Å². The second kappa shape index (κ2) is 7.32. The highest BCUT2D eigenvalue weighted by Gasteiger charge is 2.36. The summed E-state index contributed by atoms with van der Waals surface area (Å²) in [6.07, 6.45) is 1.06. The molecule has 5 nitrogen and oxygen atoms in total. The molecular formula is C24H25N3O2. The smallest absolute Gasteiger partial charge is 0.226 e. The molecule has 1 atom stereocenters. The number of carbonyl (C=O) groups is 2. The van der Waals surface area contributed by atoms with E-state index in [0.717, 1.165) is 34.5 Å². The van der Waals surface area contributed by atoms with Crippen LogP contribution >= 0.6 is 0 Å². The predicted molar refractivity (Wildman–Crippen MR) is 114 cm³/mol. The zero-order valence-electron chi connectivity index (χ0n) is 17.2. The van der Waals surface area contributed by atoms with Crippen LogP contribution in [0.15, 0.2) is 42.5 Å². The van der Waals surface area contributed by atoms with Crippen LogP contribution in [0.2, 0.25) is 0 Å². The van der Waals surface area contributed by atoms with Gasteiger partial charge in [0.2, 0.25) is 5.91 Å². The molecule has 0 spiro atoms. The number of aryl methyl sites for hydroxylation is 4. The summed E-state index contributed by atoms with van der Waals surface area (Å²) in [7, 11) is 0. The molecular weight excluding hydrogens is 362 g/mol. The molecule has 0 saturated carbocycles. The number of nitrogens with one attached hydrogen (secondary N) is 1. The highest BCUT2D eigenvalue weighted by molar-refractivity contribution is 6.08. The lowest BCUT2D eigenvalue weighted by molar-refractivity contribution is -0.116. The molecule has 1 N–H and O–H groups in total. The molecule has 0 bridgehead atoms. The first-order chi connectivity index (χ1) is 13.9. The summed E-state index contributed by atoms with van der Waals surface area (Å²) in [5.74, 6) is -0.112. The lowest BCUT2D eigenvalue weighted by atomic mass is 9.85. The Balaban J connectivity index is 1.80. The van der Waals surface area contributed by atoms with Crippen LogP contribution in [-0.4, -0.2) is 21.5 Å². The lowest BCUT2D eigenvalue weighted by Crippen LogP contribution is -2.28. The minimum Gasteiger partial charge on any atom is -0.310 e. The second-order valence-corrected chi connectivity index (χ2v) is 7.77. The molecule has 148 valence electrons. The van der Waals surface area contributed by atoms with Crippen LogP contribution in [0.4, 0.5) is 5.82 Å². The Bertz CT molecular complexity index is 1110. The summed E-state index contributed by atoms with van der Waals surface area (Å²) in [6, 6.07) is 13.8. The van der Waals surface area contributed by atoms with Crippen molar-refractivity contribution in [3.63, 3.8) is 0 Å². The molecule has 3 aromatic rings. The molecule has 1 aliphatic rings. The van der Waals surface area contributed by atoms with Gasteiger partial charge in [-0.3, -0.25) is 9.59 Å². The maximum absolute atomic E-state index is 13.3. The molecule has 1 amide bonds. The van der Waals surface area contributed by atoms with Crippen molar-refractivity contribution in [2.45, 2.75) is 46.5 Å². The van der Waals surface area contributed by atoms with Crippen LogP contribution in [0.25, 0.3) is 5.69 Å². The van der Waals surface area contributed by atoms with Crippen molar-refractivity contribution in [2.75, 3.05) is 5.32 Å². The zero-order valence-corrected chi connectivity index (χ0v) is 17.2. The van der Waals surface area contributed by atoms with Crippen molar-refractivity contribution in [2.24, 2.45) is 0 Å². The lowest BCUT2D eigenvalue weighted by Gasteiger charge is -2.23. The average Bonchev–Trinajstić information content (AvgIpc) is 3.03. The number of aromatic nitrogens is 2. The van der Waals surface area contributed by atoms with E-state index in [-0.39, 0.29) is 18.1 Å². The summed E-state index contributed by atoms with van der Waals surface area (Å²) in [5.41, 5.74) is 6.53. The van der Waals surface area contributed by atoms with Crippen LogP contribution in [0.1, 0.15) is 57.6 Å². The van der Waals surface area contributed by atoms with E-state index in [9.17, 15) is 9.59 Å². The Morgan fingerprint density at radius 3 is 2.52 bits per heavy atom. The molecule has 29 heavy (non-hydrogen) atoms. The van der Waals surface area contributed by atoms with E-state index in [4.69, 9.17) is 5.10 Å². The van der Waals surface area contributed by atoms with Crippen LogP contribution in [0, 0.1) is 20.8 Å². The van der Waals surface area contributed by atoms with E-state index < -0.39 is 5.92 Å². The number of amides is 1. The molecule has 1 aromatic heterocycles. The van der Waals surface area contributed by atoms with E-state index in [2.05, 4.69) is 18.3 Å². The number of fused-ring (bicyclic) bond motifs is 1. The highest BCUT2D eigenvalue weighted by atomic mass is 16.2. The Morgan fingerprint density at radius 1 is 1.14 bits per heavy atom. The number of anilines is 1. The fraction of sp³-hybridized carbons (Fsp3) is 0.292. The van der Waals surface area contributed by atoms with Crippen molar-refractivity contribution in [3.05, 3.63) is 76.0 Å². The predicted octanol–water partition coefficient (Wildman–Crippen LogP) is 4.67. The molecule has 0 radical (unpaired) electrons. The summed E-state index contributed by atoms with van der Waals surface area (Å²) >= 11 is 0. The monoisotopic (exact) mass is 387 g/mol. The van der Waals surface area contributed by atoms with Gasteiger partial charge in [0.1, 0.15) is 5.82 Å². The average molecular weight is 387 g/mol. The van der Waals surface area contributed by atoms with Gasteiger partial charge in [0, 0.05) is 17.5 Å². The van der Waals surface area contributed by atoms with E-state index in [1.165, 1.54) is 5.56 Å². The number of benzene rings is 2. The minimum absolute atomic E-state index is 0.0352. The summed E-state index contributed by atoms with van der Waals surface area (Å²) in [4.78, 5) is 25.8. The summed E-state index contributed by atoms with van der Waals surface area (Å²) in [5, 5.41) is 7.64. The van der Waals surface area contributed by atoms with Crippen molar-refractivity contribution in [1.29, 1.82) is 0 Å². The first-order valence-electron chi connectivity index (χ1n) is 9.99. The van der Waals surface area contributed by atoms with Crippen molar-refractivity contribution in [3.8, 4) is 5.69 Å². The Kier molecular flexibility index (Phi) is 4.82. The van der Waals surface area contributed by atoms with Gasteiger partial charge in [-0.05, 0) is 44.4 Å². The molecule has 0 unspecified atom stereocenters. The number of Topliss-reactive ketones (excluding diaryl/α,β-unsaturated/α-hetero) is 1. The minimum atomic E-state index is -0.522. The molecule has 2 heterocycles. The molecule has 1 aliphatic heterocycles. The molecule has 5 heteroatoms. The molecule has 4 rings (SSSR count). The van der Waals surface area contributed by atoms with Gasteiger partial charge in [-0.15, -0.1) is 0 Å². The number of ketones is 1. The number of rotatable bonds is 4. The Morgan fingerprint density at radius 2 is 1.86 bits per heavy atom.